The summed E-state index contributed by atoms with van der Waals surface area (Å²) in [5.41, 5.74) is 9.00. The van der Waals surface area contributed by atoms with E-state index in [-0.39, 0.29) is 0 Å². The molecule has 0 aliphatic heterocycles. The topological polar surface area (TPSA) is 43.8 Å². The fourth-order valence-corrected chi connectivity index (χ4v) is 3.21. The molecule has 4 heteroatoms. The molecule has 0 aliphatic rings. The lowest BCUT2D eigenvalue weighted by Gasteiger charge is -2.06. The highest BCUT2D eigenvalue weighted by Crippen LogP contribution is 2.38. The van der Waals surface area contributed by atoms with E-state index in [1.807, 2.05) is 23.6 Å². The average Bonchev–Trinajstić information content (AvgIpc) is 3.03. The number of nitrogens with zero attached hydrogens (tertiary/aromatic N) is 2. The van der Waals surface area contributed by atoms with Crippen LogP contribution in [0, 0.1) is 0 Å². The number of hydrogen-bond acceptors (Lipinski definition) is 3. The van der Waals surface area contributed by atoms with Crippen LogP contribution < -0.4 is 5.73 Å². The van der Waals surface area contributed by atoms with Crippen molar-refractivity contribution in [2.75, 3.05) is 0 Å². The highest BCUT2D eigenvalue weighted by molar-refractivity contribution is 7.13. The van der Waals surface area contributed by atoms with Gasteiger partial charge in [0.1, 0.15) is 11.5 Å². The van der Waals surface area contributed by atoms with E-state index in [2.05, 4.69) is 41.2 Å². The Balaban J connectivity index is 2.49. The van der Waals surface area contributed by atoms with Crippen molar-refractivity contribution in [3.8, 4) is 10.4 Å². The summed E-state index contributed by atoms with van der Waals surface area (Å²) in [7, 11) is 0. The second kappa shape index (κ2) is 4.98. The van der Waals surface area contributed by atoms with E-state index in [1.54, 1.807) is 17.5 Å². The van der Waals surface area contributed by atoms with Crippen molar-refractivity contribution in [2.45, 2.75) is 6.92 Å². The molecule has 0 aliphatic carbocycles. The molecule has 0 bridgehead atoms. The fourth-order valence-electron chi connectivity index (χ4n) is 2.42. The van der Waals surface area contributed by atoms with E-state index in [0.717, 1.165) is 22.3 Å². The zero-order valence-electron chi connectivity index (χ0n) is 11.2. The number of hydrogen-bond donors (Lipinski definition) is 1. The third-order valence-corrected chi connectivity index (χ3v) is 4.03. The van der Waals surface area contributed by atoms with Crippen LogP contribution in [-0.2, 0) is 0 Å². The molecule has 0 saturated carbocycles. The molecular weight excluding hydrogens is 266 g/mol. The van der Waals surface area contributed by atoms with Gasteiger partial charge in [-0.2, -0.15) is 0 Å². The first kappa shape index (κ1) is 12.7. The quantitative estimate of drug-likeness (QED) is 0.782. The lowest BCUT2D eigenvalue weighted by molar-refractivity contribution is 1.08. The van der Waals surface area contributed by atoms with Gasteiger partial charge in [-0.1, -0.05) is 18.7 Å². The van der Waals surface area contributed by atoms with Crippen molar-refractivity contribution in [3.63, 3.8) is 0 Å². The van der Waals surface area contributed by atoms with Crippen molar-refractivity contribution in [1.82, 2.24) is 9.55 Å². The molecule has 3 nitrogen and oxygen atoms in total. The number of fused-ring (bicyclic) bond motifs is 1. The van der Waals surface area contributed by atoms with E-state index in [9.17, 15) is 0 Å². The van der Waals surface area contributed by atoms with E-state index >= 15 is 0 Å². The lowest BCUT2D eigenvalue weighted by Crippen LogP contribution is -2.06. The summed E-state index contributed by atoms with van der Waals surface area (Å²) in [6.07, 6.45) is 5.83. The Bertz CT molecular complexity index is 795. The van der Waals surface area contributed by atoms with Gasteiger partial charge in [-0.3, -0.25) is 4.57 Å². The molecule has 2 N–H and O–H groups in total. The molecule has 3 aromatic heterocycles. The maximum atomic E-state index is 5.98. The minimum Gasteiger partial charge on any atom is -0.385 e. The van der Waals surface area contributed by atoms with Gasteiger partial charge in [0.25, 0.3) is 0 Å². The molecule has 3 heterocycles. The highest BCUT2D eigenvalue weighted by Gasteiger charge is 2.18. The number of rotatable bonds is 3. The Labute approximate surface area is 121 Å². The van der Waals surface area contributed by atoms with Crippen molar-refractivity contribution in [1.29, 1.82) is 0 Å². The first-order valence-corrected chi connectivity index (χ1v) is 7.22. The molecular formula is C16H15N3S. The lowest BCUT2D eigenvalue weighted by atomic mass is 10.1. The Hall–Kier alpha value is -2.33. The average molecular weight is 281 g/mol. The molecule has 0 unspecified atom stereocenters. The monoisotopic (exact) mass is 281 g/mol. The maximum Gasteiger partial charge on any atom is 0.146 e. The van der Waals surface area contributed by atoms with Crippen LogP contribution in [0.2, 0.25) is 0 Å². The van der Waals surface area contributed by atoms with Gasteiger partial charge in [0, 0.05) is 22.0 Å². The summed E-state index contributed by atoms with van der Waals surface area (Å²) in [6.45, 7) is 5.88. The fraction of sp³-hybridized carbons (Fsp3) is 0.0625. The van der Waals surface area contributed by atoms with Gasteiger partial charge in [-0.05, 0) is 36.6 Å². The Morgan fingerprint density at radius 3 is 2.90 bits per heavy atom. The highest BCUT2D eigenvalue weighted by atomic mass is 32.1. The van der Waals surface area contributed by atoms with E-state index in [0.29, 0.717) is 5.82 Å². The second-order valence-electron chi connectivity index (χ2n) is 4.44. The van der Waals surface area contributed by atoms with Crippen molar-refractivity contribution in [3.05, 3.63) is 54.2 Å². The van der Waals surface area contributed by atoms with Gasteiger partial charge in [0.15, 0.2) is 0 Å². The number of aromatic nitrogens is 2. The Morgan fingerprint density at radius 2 is 2.25 bits per heavy atom. The predicted octanol–water partition coefficient (Wildman–Crippen LogP) is 4.18. The molecule has 0 radical (unpaired) electrons. The van der Waals surface area contributed by atoms with Crippen LogP contribution in [0.3, 0.4) is 0 Å². The third kappa shape index (κ3) is 1.85. The minimum absolute atomic E-state index is 0.476. The summed E-state index contributed by atoms with van der Waals surface area (Å²) in [5.74, 6) is 0.476. The number of pyridine rings is 1. The van der Waals surface area contributed by atoms with Crippen molar-refractivity contribution in [2.24, 2.45) is 5.73 Å². The zero-order valence-corrected chi connectivity index (χ0v) is 12.0. The van der Waals surface area contributed by atoms with Crippen LogP contribution in [0.25, 0.3) is 33.4 Å². The van der Waals surface area contributed by atoms with Crippen LogP contribution in [0.15, 0.2) is 48.5 Å². The first-order chi connectivity index (χ1) is 9.74. The molecule has 100 valence electrons. The van der Waals surface area contributed by atoms with Crippen molar-refractivity contribution < 1.29 is 0 Å². The molecule has 0 atom stereocenters. The van der Waals surface area contributed by atoms with E-state index in [4.69, 9.17) is 5.73 Å². The third-order valence-electron chi connectivity index (χ3n) is 3.14. The molecule has 0 aromatic carbocycles. The van der Waals surface area contributed by atoms with Gasteiger partial charge >= 0.3 is 0 Å². The standard InChI is InChI=1S/C16H15N3S/c1-3-6-13-15(14-8-5-10-20-14)12-7-4-9-18-16(12)19(13)11(2)17/h3-10H,2,17H2,1H3/b6-3-. The minimum atomic E-state index is 0.476. The summed E-state index contributed by atoms with van der Waals surface area (Å²) in [5, 5.41) is 3.17. The van der Waals surface area contributed by atoms with Gasteiger partial charge in [-0.25, -0.2) is 4.98 Å². The van der Waals surface area contributed by atoms with Crippen LogP contribution in [0.1, 0.15) is 12.6 Å². The van der Waals surface area contributed by atoms with E-state index < -0.39 is 0 Å². The van der Waals surface area contributed by atoms with Gasteiger partial charge in [0.2, 0.25) is 0 Å². The van der Waals surface area contributed by atoms with Crippen LogP contribution in [-0.4, -0.2) is 9.55 Å². The zero-order chi connectivity index (χ0) is 14.1. The van der Waals surface area contributed by atoms with Gasteiger partial charge < -0.3 is 5.73 Å². The summed E-state index contributed by atoms with van der Waals surface area (Å²) in [6, 6.07) is 8.19. The van der Waals surface area contributed by atoms with Crippen molar-refractivity contribution >= 4 is 34.3 Å². The number of nitrogens with two attached hydrogens (primary N) is 1. The smallest absolute Gasteiger partial charge is 0.146 e. The van der Waals surface area contributed by atoms with Crippen LogP contribution in [0.5, 0.6) is 0 Å². The van der Waals surface area contributed by atoms with E-state index in [1.165, 1.54) is 4.88 Å². The molecule has 3 aromatic rings. The number of allylic oxidation sites excluding steroid dienone is 1. The van der Waals surface area contributed by atoms with Gasteiger partial charge in [0.05, 0.1) is 5.69 Å². The summed E-state index contributed by atoms with van der Waals surface area (Å²) in [4.78, 5) is 5.67. The molecule has 0 amide bonds. The molecule has 0 saturated heterocycles. The maximum absolute atomic E-state index is 5.98. The summed E-state index contributed by atoms with van der Waals surface area (Å²) >= 11 is 1.71. The second-order valence-corrected chi connectivity index (χ2v) is 5.39. The SMILES string of the molecule is C=C(N)n1c(/C=C\C)c(-c2cccs2)c2cccnc21. The molecule has 0 fully saturated rings. The largest absolute Gasteiger partial charge is 0.385 e. The van der Waals surface area contributed by atoms with Gasteiger partial charge in [-0.15, -0.1) is 11.3 Å². The van der Waals surface area contributed by atoms with Crippen LogP contribution in [0.4, 0.5) is 0 Å². The number of thiophene rings is 1. The Kier molecular flexibility index (Phi) is 3.16. The molecule has 20 heavy (non-hydrogen) atoms. The predicted molar refractivity (Wildman–Crippen MR) is 87.3 cm³/mol. The Morgan fingerprint density at radius 1 is 1.40 bits per heavy atom. The molecule has 0 spiro atoms. The summed E-state index contributed by atoms with van der Waals surface area (Å²) < 4.78 is 1.91. The normalized spacial score (nSPS) is 11.4. The van der Waals surface area contributed by atoms with Crippen LogP contribution >= 0.6 is 11.3 Å². The molecule has 3 rings (SSSR count). The first-order valence-electron chi connectivity index (χ1n) is 6.34.